The van der Waals surface area contributed by atoms with Crippen molar-refractivity contribution in [2.45, 2.75) is 32.1 Å². The molecular weight excluding hydrogens is 458 g/mol. The number of H-pyrrole nitrogens is 1. The maximum absolute atomic E-state index is 13.1. The first-order valence-corrected chi connectivity index (χ1v) is 10.8. The molecule has 0 unspecified atom stereocenters. The Morgan fingerprint density at radius 1 is 1.26 bits per heavy atom. The number of aryl methyl sites for hydroxylation is 1. The van der Waals surface area contributed by atoms with E-state index in [1.165, 1.54) is 12.1 Å². The van der Waals surface area contributed by atoms with E-state index in [4.69, 9.17) is 17.0 Å². The lowest BCUT2D eigenvalue weighted by Crippen LogP contribution is -2.13. The van der Waals surface area contributed by atoms with Gasteiger partial charge in [0.15, 0.2) is 0 Å². The van der Waals surface area contributed by atoms with Gasteiger partial charge in [-0.25, -0.2) is 9.94 Å². The summed E-state index contributed by atoms with van der Waals surface area (Å²) < 4.78 is 38.2. The molecule has 5 rings (SSSR count). The van der Waals surface area contributed by atoms with Crippen LogP contribution in [0.5, 0.6) is 11.5 Å². The number of halogens is 2. The Bertz CT molecular complexity index is 1540. The Labute approximate surface area is 197 Å². The van der Waals surface area contributed by atoms with Gasteiger partial charge < -0.3 is 15.2 Å². The van der Waals surface area contributed by atoms with E-state index in [0.29, 0.717) is 38.9 Å². The van der Waals surface area contributed by atoms with Crippen molar-refractivity contribution in [2.75, 3.05) is 0 Å². The van der Waals surface area contributed by atoms with Gasteiger partial charge in [-0.2, -0.15) is 19.0 Å². The lowest BCUT2D eigenvalue weighted by Gasteiger charge is -2.16. The van der Waals surface area contributed by atoms with Gasteiger partial charge in [0.05, 0.1) is 35.6 Å². The van der Waals surface area contributed by atoms with E-state index in [0.717, 1.165) is 12.8 Å². The summed E-state index contributed by atoms with van der Waals surface area (Å²) in [6.07, 6.45) is 3.21. The van der Waals surface area contributed by atoms with Crippen molar-refractivity contribution in [3.8, 4) is 33.9 Å². The average molecular weight is 478 g/mol. The van der Waals surface area contributed by atoms with Gasteiger partial charge in [-0.1, -0.05) is 6.07 Å². The number of rotatable bonds is 7. The largest absolute Gasteiger partial charge is 0.501 e. The normalized spacial score (nSPS) is 13.3. The number of nitrogens with zero attached hydrogens (tertiary/aromatic N) is 4. The van der Waals surface area contributed by atoms with E-state index in [-0.39, 0.29) is 35.4 Å². The molecule has 9 nitrogen and oxygen atoms in total. The maximum Gasteiger partial charge on any atom is 0.387 e. The van der Waals surface area contributed by atoms with E-state index in [1.54, 1.807) is 36.1 Å². The van der Waals surface area contributed by atoms with E-state index in [2.05, 4.69) is 24.9 Å². The molecule has 1 aliphatic carbocycles. The lowest BCUT2D eigenvalue weighted by molar-refractivity contribution is -0.0499. The SMILES string of the molecule is [C-]#[N+]c1c(OC2CC2)cc(OC(F)F)cc1-c1c(-c2ccc3c(=O)[nH]nc(CN)c3c2)cnn1C. The second-order valence-electron chi connectivity index (χ2n) is 8.12. The predicted molar refractivity (Wildman–Crippen MR) is 124 cm³/mol. The summed E-state index contributed by atoms with van der Waals surface area (Å²) in [5.74, 6) is 0.0623. The summed E-state index contributed by atoms with van der Waals surface area (Å²) >= 11 is 0. The Kier molecular flexibility index (Phi) is 5.66. The minimum absolute atomic E-state index is 0.0584. The minimum Gasteiger partial charge on any atom is -0.501 e. The number of nitrogens with two attached hydrogens (primary N) is 1. The van der Waals surface area contributed by atoms with Gasteiger partial charge >= 0.3 is 6.61 Å². The number of fused-ring (bicyclic) bond motifs is 1. The molecule has 35 heavy (non-hydrogen) atoms. The average Bonchev–Trinajstić information content (AvgIpc) is 3.57. The van der Waals surface area contributed by atoms with Gasteiger partial charge in [0.2, 0.25) is 5.69 Å². The zero-order chi connectivity index (χ0) is 24.7. The number of ether oxygens (including phenoxy) is 2. The smallest absolute Gasteiger partial charge is 0.387 e. The summed E-state index contributed by atoms with van der Waals surface area (Å²) in [7, 11) is 1.69. The molecule has 1 aliphatic rings. The topological polar surface area (TPSA) is 112 Å². The summed E-state index contributed by atoms with van der Waals surface area (Å²) in [4.78, 5) is 15.9. The molecule has 0 amide bonds. The number of benzene rings is 2. The van der Waals surface area contributed by atoms with Crippen molar-refractivity contribution < 1.29 is 18.3 Å². The number of hydrogen-bond acceptors (Lipinski definition) is 6. The van der Waals surface area contributed by atoms with Crippen LogP contribution < -0.4 is 20.8 Å². The van der Waals surface area contributed by atoms with Crippen LogP contribution in [0.3, 0.4) is 0 Å². The molecule has 0 aliphatic heterocycles. The van der Waals surface area contributed by atoms with Crippen LogP contribution in [-0.2, 0) is 13.6 Å². The highest BCUT2D eigenvalue weighted by atomic mass is 19.3. The van der Waals surface area contributed by atoms with Crippen molar-refractivity contribution in [1.82, 2.24) is 20.0 Å². The molecule has 1 saturated carbocycles. The van der Waals surface area contributed by atoms with Crippen LogP contribution in [0, 0.1) is 6.57 Å². The van der Waals surface area contributed by atoms with Gasteiger partial charge in [0, 0.05) is 36.2 Å². The van der Waals surface area contributed by atoms with Crippen LogP contribution in [0.1, 0.15) is 18.5 Å². The van der Waals surface area contributed by atoms with E-state index >= 15 is 0 Å². The molecule has 4 aromatic rings. The van der Waals surface area contributed by atoms with Gasteiger partial charge in [0.25, 0.3) is 5.56 Å². The second kappa shape index (κ2) is 8.81. The molecule has 0 radical (unpaired) electrons. The van der Waals surface area contributed by atoms with E-state index in [1.807, 2.05) is 0 Å². The Morgan fingerprint density at radius 3 is 2.74 bits per heavy atom. The number of aromatic nitrogens is 4. The molecule has 0 bridgehead atoms. The monoisotopic (exact) mass is 478 g/mol. The third-order valence-corrected chi connectivity index (χ3v) is 5.77. The highest BCUT2D eigenvalue weighted by Crippen LogP contribution is 2.46. The fourth-order valence-electron chi connectivity index (χ4n) is 4.02. The second-order valence-corrected chi connectivity index (χ2v) is 8.12. The number of nitrogens with one attached hydrogen (secondary N) is 1. The van der Waals surface area contributed by atoms with Crippen molar-refractivity contribution in [1.29, 1.82) is 0 Å². The van der Waals surface area contributed by atoms with Crippen LogP contribution >= 0.6 is 0 Å². The number of hydrogen-bond donors (Lipinski definition) is 2. The van der Waals surface area contributed by atoms with Crippen LogP contribution in [0.2, 0.25) is 0 Å². The molecule has 0 spiro atoms. The fraction of sp³-hybridized carbons (Fsp3) is 0.250. The summed E-state index contributed by atoms with van der Waals surface area (Å²) in [5.41, 5.74) is 8.30. The summed E-state index contributed by atoms with van der Waals surface area (Å²) in [6.45, 7) is 4.88. The van der Waals surface area contributed by atoms with Gasteiger partial charge in [-0.05, 0) is 36.6 Å². The third-order valence-electron chi connectivity index (χ3n) is 5.77. The molecular formula is C24H20F2N6O3. The van der Waals surface area contributed by atoms with Crippen molar-refractivity contribution in [3.63, 3.8) is 0 Å². The molecule has 0 saturated heterocycles. The first kappa shape index (κ1) is 22.5. The standard InChI is InChI=1S/C24H20F2N6O3/c1-28-21-17(8-14(35-24(25)26)9-20(21)34-13-4-5-13)22-18(11-29-32(22)2)12-3-6-15-16(7-12)19(10-27)30-31-23(15)33/h3,6-9,11,13,24H,4-5,10,27H2,2H3,(H,31,33). The zero-order valence-corrected chi connectivity index (χ0v) is 18.6. The van der Waals surface area contributed by atoms with Crippen molar-refractivity contribution >= 4 is 16.5 Å². The first-order chi connectivity index (χ1) is 16.9. The quantitative estimate of drug-likeness (QED) is 0.386. The van der Waals surface area contributed by atoms with Crippen molar-refractivity contribution in [2.24, 2.45) is 12.8 Å². The fourth-order valence-corrected chi connectivity index (χ4v) is 4.02. The Morgan fingerprint density at radius 2 is 2.06 bits per heavy atom. The molecule has 2 aromatic heterocycles. The molecule has 1 fully saturated rings. The first-order valence-electron chi connectivity index (χ1n) is 10.8. The maximum atomic E-state index is 13.1. The molecule has 2 aromatic carbocycles. The molecule has 178 valence electrons. The Hall–Kier alpha value is -4.30. The van der Waals surface area contributed by atoms with Gasteiger partial charge in [0.1, 0.15) is 11.5 Å². The molecule has 0 atom stereocenters. The van der Waals surface area contributed by atoms with Gasteiger partial charge in [-0.3, -0.25) is 9.48 Å². The lowest BCUT2D eigenvalue weighted by atomic mass is 9.97. The molecule has 11 heteroatoms. The molecule has 2 heterocycles. The van der Waals surface area contributed by atoms with Crippen LogP contribution in [0.15, 0.2) is 41.3 Å². The number of alkyl halides is 2. The highest BCUT2D eigenvalue weighted by Gasteiger charge is 2.28. The minimum atomic E-state index is -3.04. The van der Waals surface area contributed by atoms with Crippen LogP contribution in [0.4, 0.5) is 14.5 Å². The predicted octanol–water partition coefficient (Wildman–Crippen LogP) is 4.14. The number of aromatic amines is 1. The summed E-state index contributed by atoms with van der Waals surface area (Å²) in [5, 5.41) is 11.8. The highest BCUT2D eigenvalue weighted by molar-refractivity contribution is 5.94. The Balaban J connectivity index is 1.73. The molecule has 3 N–H and O–H groups in total. The van der Waals surface area contributed by atoms with Crippen LogP contribution in [-0.4, -0.2) is 32.7 Å². The zero-order valence-electron chi connectivity index (χ0n) is 18.6. The summed E-state index contributed by atoms with van der Waals surface area (Å²) in [6, 6.07) is 7.89. The van der Waals surface area contributed by atoms with Crippen molar-refractivity contribution in [3.05, 3.63) is 64.0 Å². The van der Waals surface area contributed by atoms with E-state index < -0.39 is 6.61 Å². The van der Waals surface area contributed by atoms with Crippen LogP contribution in [0.25, 0.3) is 38.0 Å². The van der Waals surface area contributed by atoms with E-state index in [9.17, 15) is 13.6 Å². The van der Waals surface area contributed by atoms with Gasteiger partial charge in [-0.15, -0.1) is 0 Å². The third kappa shape index (κ3) is 4.20.